The number of allylic oxidation sites excluding steroid dienone is 1. The van der Waals surface area contributed by atoms with Crippen LogP contribution in [0.2, 0.25) is 0 Å². The maximum absolute atomic E-state index is 14.0. The number of ether oxygens (including phenoxy) is 2. The first-order valence-corrected chi connectivity index (χ1v) is 13.4. The summed E-state index contributed by atoms with van der Waals surface area (Å²) in [4.78, 5) is 19.6. The minimum Gasteiger partial charge on any atom is -0.504 e. The highest BCUT2D eigenvalue weighted by atomic mass is 79.9. The fourth-order valence-electron chi connectivity index (χ4n) is 5.19. The van der Waals surface area contributed by atoms with Gasteiger partial charge in [0.1, 0.15) is 5.75 Å². The first-order chi connectivity index (χ1) is 18.0. The number of benzene rings is 3. The molecule has 8 heteroatoms. The van der Waals surface area contributed by atoms with E-state index in [0.29, 0.717) is 20.6 Å². The summed E-state index contributed by atoms with van der Waals surface area (Å²) >= 11 is 4.77. The topological polar surface area (TPSA) is 73.1 Å². The fraction of sp³-hybridized carbons (Fsp3) is 0.172. The Kier molecular flexibility index (Phi) is 6.01. The molecule has 6 rings (SSSR count). The van der Waals surface area contributed by atoms with Gasteiger partial charge in [0.05, 0.1) is 30.5 Å². The van der Waals surface area contributed by atoms with E-state index in [0.717, 1.165) is 45.5 Å². The number of para-hydroxylation sites is 1. The molecule has 186 valence electrons. The number of hydrogen-bond acceptors (Lipinski definition) is 6. The molecule has 0 bridgehead atoms. The van der Waals surface area contributed by atoms with Crippen molar-refractivity contribution in [3.63, 3.8) is 0 Å². The van der Waals surface area contributed by atoms with Crippen LogP contribution < -0.4 is 24.4 Å². The molecular formula is C29H23BrN2O4S. The Hall–Kier alpha value is -3.62. The lowest BCUT2D eigenvalue weighted by Gasteiger charge is -2.31. The van der Waals surface area contributed by atoms with Crippen molar-refractivity contribution in [2.24, 2.45) is 4.99 Å². The number of aromatic hydroxyl groups is 1. The Balaban J connectivity index is 1.65. The second-order valence-electron chi connectivity index (χ2n) is 8.90. The molecule has 1 atom stereocenters. The monoisotopic (exact) mass is 574 g/mol. The summed E-state index contributed by atoms with van der Waals surface area (Å²) in [5.41, 5.74) is 5.64. The van der Waals surface area contributed by atoms with Gasteiger partial charge in [-0.2, -0.15) is 0 Å². The zero-order valence-electron chi connectivity index (χ0n) is 20.2. The van der Waals surface area contributed by atoms with E-state index in [1.165, 1.54) is 24.0 Å². The second kappa shape index (κ2) is 9.36. The maximum atomic E-state index is 14.0. The third-order valence-corrected chi connectivity index (χ3v) is 8.32. The van der Waals surface area contributed by atoms with Crippen LogP contribution in [0.25, 0.3) is 11.8 Å². The molecule has 1 aliphatic carbocycles. The van der Waals surface area contributed by atoms with E-state index in [2.05, 4.69) is 34.1 Å². The predicted octanol–water partition coefficient (Wildman–Crippen LogP) is 4.80. The van der Waals surface area contributed by atoms with Crippen LogP contribution in [-0.4, -0.2) is 23.9 Å². The van der Waals surface area contributed by atoms with E-state index in [-0.39, 0.29) is 17.4 Å². The summed E-state index contributed by atoms with van der Waals surface area (Å²) in [5.74, 6) is 1.03. The number of phenolic OH excluding ortho intramolecular Hbond substituents is 1. The average molecular weight is 575 g/mol. The van der Waals surface area contributed by atoms with Crippen molar-refractivity contribution in [1.82, 2.24) is 4.57 Å². The molecule has 0 saturated heterocycles. The van der Waals surface area contributed by atoms with Crippen LogP contribution in [0.15, 0.2) is 80.5 Å². The molecule has 1 unspecified atom stereocenters. The highest BCUT2D eigenvalue weighted by Gasteiger charge is 2.34. The van der Waals surface area contributed by atoms with Gasteiger partial charge in [0.25, 0.3) is 5.56 Å². The van der Waals surface area contributed by atoms with Crippen LogP contribution in [-0.2, 0) is 6.42 Å². The lowest BCUT2D eigenvalue weighted by Crippen LogP contribution is -2.39. The predicted molar refractivity (Wildman–Crippen MR) is 148 cm³/mol. The minimum absolute atomic E-state index is 0.0222. The molecule has 0 saturated carbocycles. The number of phenols is 1. The SMILES string of the molecule is COc1ccccc1C1C2=C(N=c3sc(=Cc4cc(Br)cc(OC)c4O)c(=O)n31)c1ccccc1CC2. The lowest BCUT2D eigenvalue weighted by molar-refractivity contribution is 0.372. The van der Waals surface area contributed by atoms with Gasteiger partial charge in [-0.05, 0) is 48.3 Å². The van der Waals surface area contributed by atoms with Crippen LogP contribution in [0.4, 0.5) is 0 Å². The Morgan fingerprint density at radius 1 is 1.05 bits per heavy atom. The normalized spacial score (nSPS) is 16.5. The number of methoxy groups -OCH3 is 2. The summed E-state index contributed by atoms with van der Waals surface area (Å²) in [5, 5.41) is 10.7. The number of hydrogen-bond donors (Lipinski definition) is 1. The van der Waals surface area contributed by atoms with Crippen molar-refractivity contribution in [3.8, 4) is 17.2 Å². The molecule has 0 radical (unpaired) electrons. The summed E-state index contributed by atoms with van der Waals surface area (Å²) < 4.78 is 14.0. The molecule has 1 aliphatic heterocycles. The smallest absolute Gasteiger partial charge is 0.271 e. The van der Waals surface area contributed by atoms with Crippen LogP contribution in [0.3, 0.4) is 0 Å². The molecule has 1 aromatic heterocycles. The number of aromatic nitrogens is 1. The molecule has 1 N–H and O–H groups in total. The first-order valence-electron chi connectivity index (χ1n) is 11.8. The molecule has 6 nitrogen and oxygen atoms in total. The third-order valence-electron chi connectivity index (χ3n) is 6.88. The van der Waals surface area contributed by atoms with Gasteiger partial charge in [-0.3, -0.25) is 9.36 Å². The maximum Gasteiger partial charge on any atom is 0.271 e. The molecule has 0 amide bonds. The second-order valence-corrected chi connectivity index (χ2v) is 10.8. The van der Waals surface area contributed by atoms with E-state index in [4.69, 9.17) is 14.5 Å². The zero-order chi connectivity index (χ0) is 25.7. The highest BCUT2D eigenvalue weighted by Crippen LogP contribution is 2.43. The van der Waals surface area contributed by atoms with Crippen LogP contribution in [0.1, 0.15) is 34.7 Å². The molecule has 4 aromatic rings. The van der Waals surface area contributed by atoms with Crippen LogP contribution in [0, 0.1) is 0 Å². The Labute approximate surface area is 225 Å². The highest BCUT2D eigenvalue weighted by molar-refractivity contribution is 9.10. The van der Waals surface area contributed by atoms with E-state index in [9.17, 15) is 9.90 Å². The fourth-order valence-corrected chi connectivity index (χ4v) is 6.64. The van der Waals surface area contributed by atoms with Gasteiger partial charge in [0.2, 0.25) is 0 Å². The van der Waals surface area contributed by atoms with Gasteiger partial charge in [0, 0.05) is 21.2 Å². The van der Waals surface area contributed by atoms with Gasteiger partial charge in [-0.1, -0.05) is 69.7 Å². The average Bonchev–Trinajstić information content (AvgIpc) is 3.23. The third kappa shape index (κ3) is 3.91. The van der Waals surface area contributed by atoms with Crippen molar-refractivity contribution < 1.29 is 14.6 Å². The van der Waals surface area contributed by atoms with Crippen LogP contribution >= 0.6 is 27.3 Å². The quantitative estimate of drug-likeness (QED) is 0.380. The Morgan fingerprint density at radius 2 is 1.81 bits per heavy atom. The Bertz CT molecular complexity index is 1770. The van der Waals surface area contributed by atoms with E-state index in [1.54, 1.807) is 29.9 Å². The molecule has 3 aromatic carbocycles. The van der Waals surface area contributed by atoms with Crippen molar-refractivity contribution >= 4 is 39.0 Å². The number of nitrogens with zero attached hydrogens (tertiary/aromatic N) is 2. The van der Waals surface area contributed by atoms with Crippen molar-refractivity contribution in [3.05, 3.63) is 113 Å². The van der Waals surface area contributed by atoms with Gasteiger partial charge < -0.3 is 14.6 Å². The number of fused-ring (bicyclic) bond motifs is 3. The van der Waals surface area contributed by atoms with E-state index in [1.807, 2.05) is 30.3 Å². The molecule has 2 heterocycles. The molecule has 37 heavy (non-hydrogen) atoms. The van der Waals surface area contributed by atoms with Gasteiger partial charge in [0.15, 0.2) is 16.3 Å². The summed E-state index contributed by atoms with van der Waals surface area (Å²) in [6, 6.07) is 19.3. The molecule has 0 spiro atoms. The number of thiazole rings is 1. The summed E-state index contributed by atoms with van der Waals surface area (Å²) in [6.07, 6.45) is 3.38. The largest absolute Gasteiger partial charge is 0.504 e. The van der Waals surface area contributed by atoms with Crippen molar-refractivity contribution in [1.29, 1.82) is 0 Å². The summed E-state index contributed by atoms with van der Waals surface area (Å²) in [7, 11) is 3.15. The van der Waals surface area contributed by atoms with Gasteiger partial charge >= 0.3 is 0 Å². The minimum atomic E-state index is -0.344. The Morgan fingerprint density at radius 3 is 2.62 bits per heavy atom. The van der Waals surface area contributed by atoms with Crippen LogP contribution in [0.5, 0.6) is 17.2 Å². The van der Waals surface area contributed by atoms with E-state index >= 15 is 0 Å². The van der Waals surface area contributed by atoms with Crippen molar-refractivity contribution in [2.75, 3.05) is 14.2 Å². The number of halogens is 1. The standard InChI is InChI=1S/C29H23BrN2O4S/c1-35-22-10-6-5-9-20(22)26-21-12-11-16-7-3-4-8-19(16)25(21)31-29-32(26)28(34)24(37-29)14-17-13-18(30)15-23(36-2)27(17)33/h3-10,13-15,26,33H,11-12H2,1-2H3. The molecule has 2 aliphatic rings. The van der Waals surface area contributed by atoms with E-state index < -0.39 is 0 Å². The zero-order valence-corrected chi connectivity index (χ0v) is 22.6. The number of aryl methyl sites for hydroxylation is 1. The van der Waals surface area contributed by atoms with Gasteiger partial charge in [-0.15, -0.1) is 0 Å². The molecular weight excluding hydrogens is 552 g/mol. The van der Waals surface area contributed by atoms with Gasteiger partial charge in [-0.25, -0.2) is 4.99 Å². The summed E-state index contributed by atoms with van der Waals surface area (Å²) in [6.45, 7) is 0. The number of rotatable bonds is 4. The first kappa shape index (κ1) is 23.8. The van der Waals surface area contributed by atoms with Crippen molar-refractivity contribution in [2.45, 2.75) is 18.9 Å². The lowest BCUT2D eigenvalue weighted by atomic mass is 9.83. The molecule has 0 fully saturated rings.